The fraction of sp³-hybridized carbons (Fsp3) is 0.278. The largest absolute Gasteiger partial charge is 0.359 e. The van der Waals surface area contributed by atoms with Gasteiger partial charge in [-0.05, 0) is 36.4 Å². The van der Waals surface area contributed by atoms with Gasteiger partial charge in [0, 0.05) is 5.69 Å². The summed E-state index contributed by atoms with van der Waals surface area (Å²) in [6.45, 7) is 3.89. The van der Waals surface area contributed by atoms with Crippen LogP contribution in [0.15, 0.2) is 48.5 Å². The van der Waals surface area contributed by atoms with Gasteiger partial charge in [-0.1, -0.05) is 23.7 Å². The van der Waals surface area contributed by atoms with E-state index in [4.69, 9.17) is 11.6 Å². The molecule has 1 aliphatic heterocycles. The lowest BCUT2D eigenvalue weighted by Crippen LogP contribution is -3.15. The molecule has 1 amide bonds. The summed E-state index contributed by atoms with van der Waals surface area (Å²) in [5.41, 5.74) is 1.67. The molecule has 2 N–H and O–H groups in total. The number of piperazine rings is 1. The molecule has 0 saturated carbocycles. The van der Waals surface area contributed by atoms with Crippen molar-refractivity contribution in [1.29, 1.82) is 0 Å². The quantitative estimate of drug-likeness (QED) is 0.884. The Hall–Kier alpha value is -2.11. The first-order valence-electron chi connectivity index (χ1n) is 8.00. The fourth-order valence-corrected chi connectivity index (χ4v) is 3.17. The Kier molecular flexibility index (Phi) is 5.33. The second-order valence-corrected chi connectivity index (χ2v) is 6.33. The molecule has 1 fully saturated rings. The lowest BCUT2D eigenvalue weighted by molar-refractivity contribution is -0.892. The van der Waals surface area contributed by atoms with Gasteiger partial charge in [0.05, 0.1) is 36.9 Å². The minimum absolute atomic E-state index is 0.0530. The highest BCUT2D eigenvalue weighted by molar-refractivity contribution is 6.33. The first kappa shape index (κ1) is 16.7. The number of halogens is 2. The second kappa shape index (κ2) is 7.64. The molecule has 6 heteroatoms. The number of nitrogens with zero attached hydrogens (tertiary/aromatic N) is 1. The number of amides is 1. The van der Waals surface area contributed by atoms with E-state index in [1.165, 1.54) is 17.0 Å². The summed E-state index contributed by atoms with van der Waals surface area (Å²) in [5.74, 6) is -0.364. The van der Waals surface area contributed by atoms with Crippen LogP contribution in [0.2, 0.25) is 5.02 Å². The first-order valence-corrected chi connectivity index (χ1v) is 8.38. The summed E-state index contributed by atoms with van der Waals surface area (Å²) in [7, 11) is 0. The number of hydrogen-bond acceptors (Lipinski definition) is 2. The molecule has 0 radical (unpaired) electrons. The number of hydrogen-bond donors (Lipinski definition) is 2. The molecular formula is C18H20ClFN3O+. The summed E-state index contributed by atoms with van der Waals surface area (Å²) in [6, 6.07) is 13.6. The van der Waals surface area contributed by atoms with Crippen LogP contribution in [-0.2, 0) is 4.79 Å². The Morgan fingerprint density at radius 2 is 1.79 bits per heavy atom. The van der Waals surface area contributed by atoms with Crippen molar-refractivity contribution in [3.8, 4) is 0 Å². The average molecular weight is 349 g/mol. The van der Waals surface area contributed by atoms with Crippen LogP contribution in [0.1, 0.15) is 0 Å². The predicted octanol–water partition coefficient (Wildman–Crippen LogP) is 1.82. The average Bonchev–Trinajstić information content (AvgIpc) is 2.58. The van der Waals surface area contributed by atoms with Crippen LogP contribution >= 0.6 is 11.6 Å². The molecule has 1 saturated heterocycles. The summed E-state index contributed by atoms with van der Waals surface area (Å²) in [4.78, 5) is 15.6. The minimum Gasteiger partial charge on any atom is -0.359 e. The van der Waals surface area contributed by atoms with Crippen molar-refractivity contribution in [2.24, 2.45) is 0 Å². The zero-order valence-electron chi connectivity index (χ0n) is 13.3. The standard InChI is InChI=1S/C18H19ClFN3O/c19-16-3-1-2-4-17(16)23-11-9-22(10-12-23)13-18(24)21-15-7-5-14(20)6-8-15/h1-8H,9-13H2,(H,21,24)/p+1. The van der Waals surface area contributed by atoms with Crippen LogP contribution in [0.3, 0.4) is 0 Å². The fourth-order valence-electron chi connectivity index (χ4n) is 2.91. The molecule has 2 aromatic carbocycles. The Labute approximate surface area is 145 Å². The van der Waals surface area contributed by atoms with E-state index in [9.17, 15) is 9.18 Å². The van der Waals surface area contributed by atoms with Gasteiger partial charge in [0.25, 0.3) is 5.91 Å². The van der Waals surface area contributed by atoms with Crippen molar-refractivity contribution in [3.05, 3.63) is 59.4 Å². The van der Waals surface area contributed by atoms with Gasteiger partial charge < -0.3 is 15.1 Å². The van der Waals surface area contributed by atoms with Crippen molar-refractivity contribution in [3.63, 3.8) is 0 Å². The Bertz CT molecular complexity index is 700. The van der Waals surface area contributed by atoms with Gasteiger partial charge in [0.15, 0.2) is 6.54 Å². The smallest absolute Gasteiger partial charge is 0.279 e. The molecule has 24 heavy (non-hydrogen) atoms. The highest BCUT2D eigenvalue weighted by atomic mass is 35.5. The van der Waals surface area contributed by atoms with Crippen molar-refractivity contribution in [2.75, 3.05) is 42.9 Å². The number of rotatable bonds is 4. The highest BCUT2D eigenvalue weighted by Crippen LogP contribution is 2.24. The summed E-state index contributed by atoms with van der Waals surface area (Å²) < 4.78 is 12.9. The van der Waals surface area contributed by atoms with E-state index in [1.54, 1.807) is 12.1 Å². The van der Waals surface area contributed by atoms with Crippen LogP contribution in [0, 0.1) is 5.82 Å². The number of benzene rings is 2. The number of anilines is 2. The number of quaternary nitrogens is 1. The van der Waals surface area contributed by atoms with Gasteiger partial charge in [0.1, 0.15) is 5.82 Å². The third-order valence-corrected chi connectivity index (χ3v) is 4.52. The molecule has 1 aliphatic rings. The molecule has 1 heterocycles. The van der Waals surface area contributed by atoms with Gasteiger partial charge in [-0.15, -0.1) is 0 Å². The zero-order chi connectivity index (χ0) is 16.9. The highest BCUT2D eigenvalue weighted by Gasteiger charge is 2.23. The number of carbonyl (C=O) groups is 1. The molecule has 0 aromatic heterocycles. The van der Waals surface area contributed by atoms with Gasteiger partial charge in [0.2, 0.25) is 0 Å². The summed E-state index contributed by atoms with van der Waals surface area (Å²) >= 11 is 6.24. The molecule has 3 rings (SSSR count). The van der Waals surface area contributed by atoms with Crippen molar-refractivity contribution >= 4 is 28.9 Å². The molecular weight excluding hydrogens is 329 g/mol. The molecule has 126 valence electrons. The van der Waals surface area contributed by atoms with Crippen LogP contribution in [0.5, 0.6) is 0 Å². The van der Waals surface area contributed by atoms with E-state index < -0.39 is 0 Å². The maximum atomic E-state index is 12.9. The van der Waals surface area contributed by atoms with E-state index in [0.29, 0.717) is 12.2 Å². The number of para-hydroxylation sites is 1. The van der Waals surface area contributed by atoms with Gasteiger partial charge >= 0.3 is 0 Å². The Morgan fingerprint density at radius 1 is 1.12 bits per heavy atom. The molecule has 4 nitrogen and oxygen atoms in total. The first-order chi connectivity index (χ1) is 11.6. The minimum atomic E-state index is -0.311. The maximum absolute atomic E-state index is 12.9. The molecule has 0 bridgehead atoms. The molecule has 0 spiro atoms. The van der Waals surface area contributed by atoms with Crippen LogP contribution in [0.25, 0.3) is 0 Å². The van der Waals surface area contributed by atoms with Gasteiger partial charge in [-0.2, -0.15) is 0 Å². The lowest BCUT2D eigenvalue weighted by atomic mass is 10.2. The Balaban J connectivity index is 1.49. The van der Waals surface area contributed by atoms with Crippen molar-refractivity contribution in [1.82, 2.24) is 0 Å². The SMILES string of the molecule is O=C(C[NH+]1CCN(c2ccccc2Cl)CC1)Nc1ccc(F)cc1. The molecule has 0 aliphatic carbocycles. The van der Waals surface area contributed by atoms with Crippen LogP contribution < -0.4 is 15.1 Å². The van der Waals surface area contributed by atoms with Crippen LogP contribution in [0.4, 0.5) is 15.8 Å². The number of carbonyl (C=O) groups excluding carboxylic acids is 1. The monoisotopic (exact) mass is 348 g/mol. The Morgan fingerprint density at radius 3 is 2.46 bits per heavy atom. The number of nitrogens with one attached hydrogen (secondary N) is 2. The third kappa shape index (κ3) is 4.24. The molecule has 2 aromatic rings. The van der Waals surface area contributed by atoms with Crippen molar-refractivity contribution in [2.45, 2.75) is 0 Å². The van der Waals surface area contributed by atoms with Crippen molar-refractivity contribution < 1.29 is 14.1 Å². The molecule has 0 unspecified atom stereocenters. The summed E-state index contributed by atoms with van der Waals surface area (Å²) in [5, 5.41) is 3.57. The topological polar surface area (TPSA) is 36.8 Å². The summed E-state index contributed by atoms with van der Waals surface area (Å²) in [6.07, 6.45) is 0. The van der Waals surface area contributed by atoms with Crippen LogP contribution in [-0.4, -0.2) is 38.6 Å². The van der Waals surface area contributed by atoms with E-state index in [2.05, 4.69) is 10.2 Å². The second-order valence-electron chi connectivity index (χ2n) is 5.92. The van der Waals surface area contributed by atoms with E-state index >= 15 is 0 Å². The van der Waals surface area contributed by atoms with E-state index in [-0.39, 0.29) is 11.7 Å². The normalized spacial score (nSPS) is 15.3. The van der Waals surface area contributed by atoms with E-state index in [0.717, 1.165) is 36.9 Å². The zero-order valence-corrected chi connectivity index (χ0v) is 14.0. The van der Waals surface area contributed by atoms with Gasteiger partial charge in [-0.3, -0.25) is 4.79 Å². The predicted molar refractivity (Wildman–Crippen MR) is 94.3 cm³/mol. The maximum Gasteiger partial charge on any atom is 0.279 e. The third-order valence-electron chi connectivity index (χ3n) is 4.20. The van der Waals surface area contributed by atoms with Gasteiger partial charge in [-0.25, -0.2) is 4.39 Å². The molecule has 0 atom stereocenters. The lowest BCUT2D eigenvalue weighted by Gasteiger charge is -2.33. The van der Waals surface area contributed by atoms with E-state index in [1.807, 2.05) is 24.3 Å².